The highest BCUT2D eigenvalue weighted by Crippen LogP contribution is 2.31. The SMILES string of the molecule is CC1CCN(C(=O)Cn2cc(CCCO)c(C(F)(F)F)n2)CC1. The number of amides is 1. The monoisotopic (exact) mass is 333 g/mol. The maximum Gasteiger partial charge on any atom is 0.435 e. The predicted octanol–water partition coefficient (Wildman–Crippen LogP) is 2.09. The molecule has 1 N–H and O–H groups in total. The number of alkyl halides is 3. The standard InChI is InChI=1S/C15H22F3N3O2/c1-11-4-6-20(7-5-11)13(23)10-21-9-12(3-2-8-22)14(19-21)15(16,17)18/h9,11,22H,2-8,10H2,1H3. The number of rotatable bonds is 5. The molecule has 1 amide bonds. The van der Waals surface area contributed by atoms with Crippen molar-refractivity contribution in [1.29, 1.82) is 0 Å². The van der Waals surface area contributed by atoms with Gasteiger partial charge in [-0.3, -0.25) is 9.48 Å². The smallest absolute Gasteiger partial charge is 0.396 e. The molecule has 8 heteroatoms. The van der Waals surface area contributed by atoms with Crippen LogP contribution >= 0.6 is 0 Å². The van der Waals surface area contributed by atoms with Gasteiger partial charge in [0, 0.05) is 31.5 Å². The number of hydrogen-bond acceptors (Lipinski definition) is 3. The Morgan fingerprint density at radius 2 is 2.04 bits per heavy atom. The average molecular weight is 333 g/mol. The van der Waals surface area contributed by atoms with Crippen LogP contribution in [0.15, 0.2) is 6.20 Å². The van der Waals surface area contributed by atoms with Gasteiger partial charge in [-0.1, -0.05) is 6.92 Å². The minimum Gasteiger partial charge on any atom is -0.396 e. The maximum atomic E-state index is 13.0. The molecule has 5 nitrogen and oxygen atoms in total. The summed E-state index contributed by atoms with van der Waals surface area (Å²) in [7, 11) is 0. The fourth-order valence-electron chi connectivity index (χ4n) is 2.73. The minimum atomic E-state index is -4.56. The molecule has 1 aliphatic heterocycles. The summed E-state index contributed by atoms with van der Waals surface area (Å²) >= 11 is 0. The topological polar surface area (TPSA) is 58.4 Å². The summed E-state index contributed by atoms with van der Waals surface area (Å²) in [4.78, 5) is 13.9. The largest absolute Gasteiger partial charge is 0.435 e. The molecule has 0 radical (unpaired) electrons. The van der Waals surface area contributed by atoms with Crippen molar-refractivity contribution in [2.24, 2.45) is 5.92 Å². The van der Waals surface area contributed by atoms with Crippen molar-refractivity contribution < 1.29 is 23.1 Å². The van der Waals surface area contributed by atoms with Gasteiger partial charge in [0.15, 0.2) is 5.69 Å². The molecule has 0 unspecified atom stereocenters. The van der Waals surface area contributed by atoms with Crippen LogP contribution in [0.1, 0.15) is 37.4 Å². The predicted molar refractivity (Wildman–Crippen MR) is 77.6 cm³/mol. The van der Waals surface area contributed by atoms with Crippen molar-refractivity contribution in [2.45, 2.75) is 45.3 Å². The molecule has 0 aromatic carbocycles. The summed E-state index contributed by atoms with van der Waals surface area (Å²) < 4.78 is 40.0. The molecule has 0 saturated carbocycles. The Hall–Kier alpha value is -1.57. The molecule has 0 aliphatic carbocycles. The van der Waals surface area contributed by atoms with E-state index in [1.54, 1.807) is 4.90 Å². The number of aliphatic hydroxyl groups is 1. The Morgan fingerprint density at radius 3 is 2.61 bits per heavy atom. The van der Waals surface area contributed by atoms with Crippen molar-refractivity contribution in [1.82, 2.24) is 14.7 Å². The molecule has 0 atom stereocenters. The van der Waals surface area contributed by atoms with Crippen LogP contribution in [-0.4, -0.2) is 45.4 Å². The van der Waals surface area contributed by atoms with Crippen molar-refractivity contribution in [3.05, 3.63) is 17.5 Å². The zero-order valence-electron chi connectivity index (χ0n) is 13.1. The number of carbonyl (C=O) groups excluding carboxylic acids is 1. The number of nitrogens with zero attached hydrogens (tertiary/aromatic N) is 3. The van der Waals surface area contributed by atoms with Gasteiger partial charge in [-0.25, -0.2) is 0 Å². The lowest BCUT2D eigenvalue weighted by Crippen LogP contribution is -2.39. The zero-order valence-corrected chi connectivity index (χ0v) is 13.1. The van der Waals surface area contributed by atoms with Crippen molar-refractivity contribution in [2.75, 3.05) is 19.7 Å². The summed E-state index contributed by atoms with van der Waals surface area (Å²) in [5.74, 6) is 0.368. The van der Waals surface area contributed by atoms with Crippen LogP contribution in [0.25, 0.3) is 0 Å². The minimum absolute atomic E-state index is 0.0200. The molecule has 1 aromatic rings. The normalized spacial score (nSPS) is 16.8. The van der Waals surface area contributed by atoms with E-state index in [2.05, 4.69) is 12.0 Å². The number of hydrogen-bond donors (Lipinski definition) is 1. The quantitative estimate of drug-likeness (QED) is 0.898. The molecule has 0 bridgehead atoms. The average Bonchev–Trinajstić information content (AvgIpc) is 2.88. The third-order valence-corrected chi connectivity index (χ3v) is 4.14. The number of halogens is 3. The fraction of sp³-hybridized carbons (Fsp3) is 0.733. The van der Waals surface area contributed by atoms with Crippen LogP contribution in [0.3, 0.4) is 0 Å². The number of aliphatic hydroxyl groups excluding tert-OH is 1. The van der Waals surface area contributed by atoms with Gasteiger partial charge in [-0.15, -0.1) is 0 Å². The fourth-order valence-corrected chi connectivity index (χ4v) is 2.73. The van der Waals surface area contributed by atoms with Crippen molar-refractivity contribution in [3.8, 4) is 0 Å². The van der Waals surface area contributed by atoms with Gasteiger partial charge in [-0.05, 0) is 31.6 Å². The van der Waals surface area contributed by atoms with Gasteiger partial charge in [0.05, 0.1) is 0 Å². The van der Waals surface area contributed by atoms with Gasteiger partial charge in [-0.2, -0.15) is 18.3 Å². The number of likely N-dealkylation sites (tertiary alicyclic amines) is 1. The molecule has 2 heterocycles. The second-order valence-corrected chi connectivity index (χ2v) is 6.09. The number of aryl methyl sites for hydroxylation is 1. The van der Waals surface area contributed by atoms with Crippen molar-refractivity contribution in [3.63, 3.8) is 0 Å². The summed E-state index contributed by atoms with van der Waals surface area (Å²) in [5.41, 5.74) is -0.947. The molecule has 1 saturated heterocycles. The van der Waals surface area contributed by atoms with E-state index in [9.17, 15) is 18.0 Å². The van der Waals surface area contributed by atoms with Crippen LogP contribution in [0.5, 0.6) is 0 Å². The number of aromatic nitrogens is 2. The Labute approximate surface area is 133 Å². The lowest BCUT2D eigenvalue weighted by molar-refractivity contribution is -0.142. The molecule has 2 rings (SSSR count). The third kappa shape index (κ3) is 4.70. The van der Waals surface area contributed by atoms with Crippen LogP contribution in [0.2, 0.25) is 0 Å². The van der Waals surface area contributed by atoms with Gasteiger partial charge < -0.3 is 10.0 Å². The lowest BCUT2D eigenvalue weighted by atomic mass is 9.99. The van der Waals surface area contributed by atoms with Crippen molar-refractivity contribution >= 4 is 5.91 Å². The third-order valence-electron chi connectivity index (χ3n) is 4.14. The second kappa shape index (κ2) is 7.33. The first-order chi connectivity index (χ1) is 10.8. The molecule has 1 fully saturated rings. The highest BCUT2D eigenvalue weighted by Gasteiger charge is 2.37. The van der Waals surface area contributed by atoms with Crippen LogP contribution < -0.4 is 0 Å². The molecular formula is C15H22F3N3O2. The highest BCUT2D eigenvalue weighted by molar-refractivity contribution is 5.76. The first kappa shape index (κ1) is 17.8. The Morgan fingerprint density at radius 1 is 1.39 bits per heavy atom. The van der Waals surface area contributed by atoms with Crippen LogP contribution in [0, 0.1) is 5.92 Å². The highest BCUT2D eigenvalue weighted by atomic mass is 19.4. The summed E-state index contributed by atoms with van der Waals surface area (Å²) in [6, 6.07) is 0. The Bertz CT molecular complexity index is 535. The molecule has 1 aromatic heterocycles. The molecule has 130 valence electrons. The maximum absolute atomic E-state index is 13.0. The Kier molecular flexibility index (Phi) is 5.67. The van der Waals surface area contributed by atoms with Crippen LogP contribution in [-0.2, 0) is 23.9 Å². The van der Waals surface area contributed by atoms with Crippen LogP contribution in [0.4, 0.5) is 13.2 Å². The Balaban J connectivity index is 2.07. The number of carbonyl (C=O) groups is 1. The lowest BCUT2D eigenvalue weighted by Gasteiger charge is -2.30. The summed E-state index contributed by atoms with van der Waals surface area (Å²) in [5, 5.41) is 12.3. The van der Waals surface area contributed by atoms with Gasteiger partial charge in [0.25, 0.3) is 0 Å². The molecular weight excluding hydrogens is 311 g/mol. The summed E-state index contributed by atoms with van der Waals surface area (Å²) in [6.45, 7) is 3.04. The van der Waals surface area contributed by atoms with E-state index in [0.29, 0.717) is 19.0 Å². The van der Waals surface area contributed by atoms with Gasteiger partial charge >= 0.3 is 6.18 Å². The first-order valence-electron chi connectivity index (χ1n) is 7.83. The van der Waals surface area contributed by atoms with E-state index in [-0.39, 0.29) is 37.5 Å². The second-order valence-electron chi connectivity index (χ2n) is 6.09. The van der Waals surface area contributed by atoms with E-state index in [4.69, 9.17) is 5.11 Å². The van der Waals surface area contributed by atoms with Gasteiger partial charge in [0.2, 0.25) is 5.91 Å². The molecule has 1 aliphatic rings. The number of piperidine rings is 1. The van der Waals surface area contributed by atoms with E-state index in [0.717, 1.165) is 17.5 Å². The zero-order chi connectivity index (χ0) is 17.0. The first-order valence-corrected chi connectivity index (χ1v) is 7.83. The van der Waals surface area contributed by atoms with E-state index >= 15 is 0 Å². The molecule has 0 spiro atoms. The van der Waals surface area contributed by atoms with Gasteiger partial charge in [0.1, 0.15) is 6.54 Å². The van der Waals surface area contributed by atoms with E-state index in [1.165, 1.54) is 6.20 Å². The molecule has 23 heavy (non-hydrogen) atoms. The van der Waals surface area contributed by atoms with E-state index < -0.39 is 11.9 Å². The van der Waals surface area contributed by atoms with E-state index in [1.807, 2.05) is 0 Å². The summed E-state index contributed by atoms with van der Waals surface area (Å²) in [6.07, 6.45) is -1.14.